The quantitative estimate of drug-likeness (QED) is 0.512. The predicted octanol–water partition coefficient (Wildman–Crippen LogP) is 4.84. The van der Waals surface area contributed by atoms with Crippen molar-refractivity contribution in [3.63, 3.8) is 0 Å². The minimum absolute atomic E-state index is 0.132. The number of carbonyl (C=O) groups is 2. The zero-order valence-corrected chi connectivity index (χ0v) is 20.6. The number of rotatable bonds is 6. The van der Waals surface area contributed by atoms with Gasteiger partial charge in [-0.25, -0.2) is 13.3 Å². The van der Waals surface area contributed by atoms with Crippen molar-refractivity contribution in [2.45, 2.75) is 68.8 Å². The molecule has 0 bridgehead atoms. The standard InChI is InChI=1S/C24H27BrN2O4S/c1-16(2)17-7-11-19(12-8-17)26-23(28)15-22(24(26)29)27(20-5-3-4-6-20)32(30,31)21-13-9-18(25)10-14-21/h7-14,16,20,22H,3-6,15H2,1-2H3. The summed E-state index contributed by atoms with van der Waals surface area (Å²) in [7, 11) is -3.95. The van der Waals surface area contributed by atoms with Gasteiger partial charge in [-0.05, 0) is 60.7 Å². The summed E-state index contributed by atoms with van der Waals surface area (Å²) < 4.78 is 29.4. The second-order valence-electron chi connectivity index (χ2n) is 8.76. The molecule has 2 fully saturated rings. The van der Waals surface area contributed by atoms with E-state index in [0.717, 1.165) is 27.8 Å². The number of carbonyl (C=O) groups excluding carboxylic acids is 2. The number of amides is 2. The van der Waals surface area contributed by atoms with Crippen LogP contribution in [-0.2, 0) is 19.6 Å². The third kappa shape index (κ3) is 4.28. The number of sulfonamides is 1. The van der Waals surface area contributed by atoms with Crippen LogP contribution < -0.4 is 4.90 Å². The molecule has 4 rings (SSSR count). The Morgan fingerprint density at radius 3 is 2.12 bits per heavy atom. The highest BCUT2D eigenvalue weighted by molar-refractivity contribution is 9.10. The predicted molar refractivity (Wildman–Crippen MR) is 127 cm³/mol. The summed E-state index contributed by atoms with van der Waals surface area (Å²) in [6.07, 6.45) is 3.06. The van der Waals surface area contributed by atoms with Gasteiger partial charge in [0.2, 0.25) is 15.9 Å². The molecule has 1 saturated carbocycles. The first kappa shape index (κ1) is 23.1. The number of imide groups is 1. The van der Waals surface area contributed by atoms with Crippen molar-refractivity contribution in [1.82, 2.24) is 4.31 Å². The van der Waals surface area contributed by atoms with Gasteiger partial charge < -0.3 is 0 Å². The van der Waals surface area contributed by atoms with Gasteiger partial charge >= 0.3 is 0 Å². The van der Waals surface area contributed by atoms with Crippen molar-refractivity contribution in [3.8, 4) is 0 Å². The van der Waals surface area contributed by atoms with Gasteiger partial charge in [0.05, 0.1) is 17.0 Å². The Hall–Kier alpha value is -2.03. The Morgan fingerprint density at radius 2 is 1.56 bits per heavy atom. The molecule has 170 valence electrons. The number of anilines is 1. The van der Waals surface area contributed by atoms with Gasteiger partial charge in [0.25, 0.3) is 5.91 Å². The van der Waals surface area contributed by atoms with Gasteiger partial charge in [0.1, 0.15) is 6.04 Å². The Bertz CT molecular complexity index is 1110. The average molecular weight is 519 g/mol. The molecule has 1 aliphatic carbocycles. The van der Waals surface area contributed by atoms with E-state index in [0.29, 0.717) is 24.4 Å². The molecule has 0 spiro atoms. The monoisotopic (exact) mass is 518 g/mol. The van der Waals surface area contributed by atoms with Crippen molar-refractivity contribution >= 4 is 43.5 Å². The topological polar surface area (TPSA) is 74.8 Å². The van der Waals surface area contributed by atoms with Gasteiger partial charge in [-0.2, -0.15) is 4.31 Å². The van der Waals surface area contributed by atoms with Crippen LogP contribution in [0, 0.1) is 0 Å². The van der Waals surface area contributed by atoms with Crippen LogP contribution in [0.2, 0.25) is 0 Å². The lowest BCUT2D eigenvalue weighted by Gasteiger charge is -2.32. The van der Waals surface area contributed by atoms with Crippen molar-refractivity contribution in [3.05, 3.63) is 58.6 Å². The average Bonchev–Trinajstić information content (AvgIpc) is 3.37. The van der Waals surface area contributed by atoms with Crippen molar-refractivity contribution in [2.75, 3.05) is 4.90 Å². The zero-order chi connectivity index (χ0) is 23.0. The Labute approximate surface area is 197 Å². The molecule has 2 aromatic carbocycles. The van der Waals surface area contributed by atoms with E-state index in [9.17, 15) is 18.0 Å². The van der Waals surface area contributed by atoms with E-state index < -0.39 is 22.0 Å². The van der Waals surface area contributed by atoms with Crippen molar-refractivity contribution in [2.24, 2.45) is 0 Å². The molecule has 1 heterocycles. The van der Waals surface area contributed by atoms with Crippen LogP contribution in [0.5, 0.6) is 0 Å². The van der Waals surface area contributed by atoms with E-state index in [1.165, 1.54) is 16.4 Å². The molecule has 0 aromatic heterocycles. The highest BCUT2D eigenvalue weighted by Crippen LogP contribution is 2.36. The molecule has 1 atom stereocenters. The lowest BCUT2D eigenvalue weighted by molar-refractivity contribution is -0.122. The Morgan fingerprint density at radius 1 is 0.969 bits per heavy atom. The number of nitrogens with zero attached hydrogens (tertiary/aromatic N) is 2. The molecule has 32 heavy (non-hydrogen) atoms. The lowest BCUT2D eigenvalue weighted by Crippen LogP contribution is -2.49. The van der Waals surface area contributed by atoms with E-state index in [2.05, 4.69) is 29.8 Å². The molecule has 2 aromatic rings. The van der Waals surface area contributed by atoms with Gasteiger partial charge in [0.15, 0.2) is 0 Å². The normalized spacial score (nSPS) is 20.2. The maximum atomic E-state index is 13.7. The third-order valence-corrected chi connectivity index (χ3v) is 8.83. The molecular formula is C24H27BrN2O4S. The fourth-order valence-electron chi connectivity index (χ4n) is 4.60. The van der Waals surface area contributed by atoms with Gasteiger partial charge in [-0.3, -0.25) is 9.59 Å². The SMILES string of the molecule is CC(C)c1ccc(N2C(=O)CC(N(C3CCCC3)S(=O)(=O)c3ccc(Br)cc3)C2=O)cc1. The second kappa shape index (κ2) is 9.08. The van der Waals surface area contributed by atoms with Crippen LogP contribution in [0.15, 0.2) is 57.9 Å². The van der Waals surface area contributed by atoms with Crippen molar-refractivity contribution < 1.29 is 18.0 Å². The highest BCUT2D eigenvalue weighted by Gasteiger charge is 2.49. The minimum atomic E-state index is -3.95. The van der Waals surface area contributed by atoms with Gasteiger partial charge in [-0.1, -0.05) is 54.8 Å². The molecule has 2 amide bonds. The van der Waals surface area contributed by atoms with E-state index >= 15 is 0 Å². The first-order valence-corrected chi connectivity index (χ1v) is 13.2. The van der Waals surface area contributed by atoms with Crippen LogP contribution >= 0.6 is 15.9 Å². The smallest absolute Gasteiger partial charge is 0.252 e. The summed E-state index contributed by atoms with van der Waals surface area (Å²) in [6, 6.07) is 12.4. The first-order chi connectivity index (χ1) is 15.2. The summed E-state index contributed by atoms with van der Waals surface area (Å²) in [6.45, 7) is 4.15. The zero-order valence-electron chi connectivity index (χ0n) is 18.2. The highest BCUT2D eigenvalue weighted by atomic mass is 79.9. The molecule has 8 heteroatoms. The van der Waals surface area contributed by atoms with Crippen molar-refractivity contribution in [1.29, 1.82) is 0 Å². The van der Waals surface area contributed by atoms with E-state index in [1.54, 1.807) is 24.3 Å². The summed E-state index contributed by atoms with van der Waals surface area (Å²) >= 11 is 3.33. The van der Waals surface area contributed by atoms with Crippen LogP contribution in [-0.4, -0.2) is 36.6 Å². The fraction of sp³-hybridized carbons (Fsp3) is 0.417. The van der Waals surface area contributed by atoms with E-state index in [4.69, 9.17) is 0 Å². The molecule has 2 aliphatic rings. The number of hydrogen-bond donors (Lipinski definition) is 0. The van der Waals surface area contributed by atoms with Crippen LogP contribution in [0.4, 0.5) is 5.69 Å². The minimum Gasteiger partial charge on any atom is -0.274 e. The Balaban J connectivity index is 1.70. The number of benzene rings is 2. The van der Waals surface area contributed by atoms with Crippen LogP contribution in [0.3, 0.4) is 0 Å². The molecule has 1 aliphatic heterocycles. The summed E-state index contributed by atoms with van der Waals surface area (Å²) in [5.74, 6) is -0.512. The van der Waals surface area contributed by atoms with Gasteiger partial charge in [-0.15, -0.1) is 0 Å². The molecule has 1 saturated heterocycles. The fourth-order valence-corrected chi connectivity index (χ4v) is 6.69. The van der Waals surface area contributed by atoms with Crippen LogP contribution in [0.25, 0.3) is 0 Å². The maximum Gasteiger partial charge on any atom is 0.252 e. The molecule has 0 radical (unpaired) electrons. The van der Waals surface area contributed by atoms with E-state index in [1.807, 2.05) is 12.1 Å². The Kier molecular flexibility index (Phi) is 6.56. The van der Waals surface area contributed by atoms with Gasteiger partial charge in [0, 0.05) is 10.5 Å². The molecular weight excluding hydrogens is 492 g/mol. The maximum absolute atomic E-state index is 13.7. The number of hydrogen-bond acceptors (Lipinski definition) is 4. The first-order valence-electron chi connectivity index (χ1n) is 11.0. The lowest BCUT2D eigenvalue weighted by atomic mass is 10.0. The summed E-state index contributed by atoms with van der Waals surface area (Å²) in [4.78, 5) is 27.7. The number of halogens is 1. The molecule has 1 unspecified atom stereocenters. The molecule has 0 N–H and O–H groups in total. The summed E-state index contributed by atoms with van der Waals surface area (Å²) in [5, 5.41) is 0. The third-order valence-electron chi connectivity index (χ3n) is 6.32. The molecule has 6 nitrogen and oxygen atoms in total. The second-order valence-corrected chi connectivity index (χ2v) is 11.5. The largest absolute Gasteiger partial charge is 0.274 e. The summed E-state index contributed by atoms with van der Waals surface area (Å²) in [5.41, 5.74) is 1.59. The van der Waals surface area contributed by atoms with E-state index in [-0.39, 0.29) is 23.3 Å². The van der Waals surface area contributed by atoms with Crippen LogP contribution in [0.1, 0.15) is 57.4 Å².